The second-order valence-electron chi connectivity index (χ2n) is 5.32. The minimum absolute atomic E-state index is 0. The van der Waals surface area contributed by atoms with Crippen LogP contribution in [0.5, 0.6) is 5.88 Å². The molecule has 0 aromatic carbocycles. The Morgan fingerprint density at radius 3 is 2.82 bits per heavy atom. The molecule has 0 aliphatic carbocycles. The molecule has 0 saturated carbocycles. The van der Waals surface area contributed by atoms with Gasteiger partial charge in [-0.1, -0.05) is 0 Å². The van der Waals surface area contributed by atoms with Crippen molar-refractivity contribution in [1.29, 1.82) is 0 Å². The summed E-state index contributed by atoms with van der Waals surface area (Å²) in [5, 5.41) is 7.43. The van der Waals surface area contributed by atoms with Crippen LogP contribution in [0.25, 0.3) is 10.8 Å². The zero-order valence-electron chi connectivity index (χ0n) is 12.4. The van der Waals surface area contributed by atoms with Crippen molar-refractivity contribution in [3.8, 4) is 5.88 Å². The molecule has 22 heavy (non-hydrogen) atoms. The predicted molar refractivity (Wildman–Crippen MR) is 88.0 cm³/mol. The zero-order valence-corrected chi connectivity index (χ0v) is 13.2. The lowest BCUT2D eigenvalue weighted by molar-refractivity contribution is 0.396. The molecule has 1 aliphatic heterocycles. The molecule has 1 saturated heterocycles. The standard InChI is InChI=1S/C14H19N5O2.ClH/c1-21-14-12-10(8-16-18-13(12)20)6-11(17-14)19-4-2-9(7-15)3-5-19;/h6,8-9H,2-5,7,15H2,1H3,(H,18,20);1H. The second-order valence-corrected chi connectivity index (χ2v) is 5.32. The fourth-order valence-electron chi connectivity index (χ4n) is 2.78. The number of hydrogen-bond acceptors (Lipinski definition) is 6. The van der Waals surface area contributed by atoms with Crippen LogP contribution in [0.4, 0.5) is 5.82 Å². The summed E-state index contributed by atoms with van der Waals surface area (Å²) in [7, 11) is 1.52. The molecule has 2 aromatic heterocycles. The third kappa shape index (κ3) is 3.00. The van der Waals surface area contributed by atoms with Gasteiger partial charge < -0.3 is 15.4 Å². The Hall–Kier alpha value is -1.86. The van der Waals surface area contributed by atoms with Crippen LogP contribution in [0.3, 0.4) is 0 Å². The third-order valence-electron chi connectivity index (χ3n) is 4.07. The molecule has 3 heterocycles. The number of halogens is 1. The summed E-state index contributed by atoms with van der Waals surface area (Å²) in [6, 6.07) is 1.89. The summed E-state index contributed by atoms with van der Waals surface area (Å²) >= 11 is 0. The van der Waals surface area contributed by atoms with Crippen molar-refractivity contribution < 1.29 is 4.74 Å². The molecular formula is C14H20ClN5O2. The average molecular weight is 326 g/mol. The van der Waals surface area contributed by atoms with Gasteiger partial charge in [0.2, 0.25) is 5.88 Å². The largest absolute Gasteiger partial charge is 0.480 e. The van der Waals surface area contributed by atoms with Crippen molar-refractivity contribution in [3.63, 3.8) is 0 Å². The average Bonchev–Trinajstić information content (AvgIpc) is 2.54. The maximum Gasteiger partial charge on any atom is 0.277 e. The van der Waals surface area contributed by atoms with Crippen LogP contribution >= 0.6 is 12.4 Å². The quantitative estimate of drug-likeness (QED) is 0.871. The van der Waals surface area contributed by atoms with E-state index < -0.39 is 0 Å². The summed E-state index contributed by atoms with van der Waals surface area (Å²) < 4.78 is 5.28. The lowest BCUT2D eigenvalue weighted by Crippen LogP contribution is -2.36. The molecule has 7 nitrogen and oxygen atoms in total. The van der Waals surface area contributed by atoms with Crippen LogP contribution in [0.2, 0.25) is 0 Å². The first-order valence-corrected chi connectivity index (χ1v) is 7.10. The molecule has 0 bridgehead atoms. The van der Waals surface area contributed by atoms with E-state index in [9.17, 15) is 4.79 Å². The van der Waals surface area contributed by atoms with Gasteiger partial charge in [0, 0.05) is 18.5 Å². The van der Waals surface area contributed by atoms with Gasteiger partial charge in [-0.3, -0.25) is 4.79 Å². The fraction of sp³-hybridized carbons (Fsp3) is 0.500. The van der Waals surface area contributed by atoms with E-state index in [1.165, 1.54) is 7.11 Å². The van der Waals surface area contributed by atoms with E-state index in [0.29, 0.717) is 17.2 Å². The number of fused-ring (bicyclic) bond motifs is 1. The van der Waals surface area contributed by atoms with E-state index in [-0.39, 0.29) is 18.0 Å². The number of ether oxygens (including phenoxy) is 1. The number of nitrogens with two attached hydrogens (primary N) is 1. The Morgan fingerprint density at radius 2 is 2.18 bits per heavy atom. The molecular weight excluding hydrogens is 306 g/mol. The smallest absolute Gasteiger partial charge is 0.277 e. The molecule has 0 atom stereocenters. The van der Waals surface area contributed by atoms with E-state index in [4.69, 9.17) is 10.5 Å². The van der Waals surface area contributed by atoms with Crippen molar-refractivity contribution in [2.45, 2.75) is 12.8 Å². The van der Waals surface area contributed by atoms with Gasteiger partial charge in [0.15, 0.2) is 0 Å². The first-order chi connectivity index (χ1) is 10.2. The number of rotatable bonds is 3. The second kappa shape index (κ2) is 6.93. The van der Waals surface area contributed by atoms with Crippen LogP contribution in [0, 0.1) is 5.92 Å². The van der Waals surface area contributed by atoms with E-state index >= 15 is 0 Å². The normalized spacial score (nSPS) is 15.6. The molecule has 1 aliphatic rings. The number of hydrogen-bond donors (Lipinski definition) is 2. The van der Waals surface area contributed by atoms with Gasteiger partial charge in [-0.25, -0.2) is 5.10 Å². The van der Waals surface area contributed by atoms with Gasteiger partial charge in [-0.05, 0) is 31.4 Å². The number of nitrogens with one attached hydrogen (secondary N) is 1. The minimum atomic E-state index is -0.287. The number of anilines is 1. The fourth-order valence-corrected chi connectivity index (χ4v) is 2.78. The van der Waals surface area contributed by atoms with Crippen molar-refractivity contribution in [3.05, 3.63) is 22.6 Å². The maximum absolute atomic E-state index is 11.9. The molecule has 0 spiro atoms. The number of aromatic nitrogens is 3. The molecule has 120 valence electrons. The Bertz CT molecular complexity index is 697. The number of aromatic amines is 1. The molecule has 8 heteroatoms. The van der Waals surface area contributed by atoms with Crippen LogP contribution in [0.1, 0.15) is 12.8 Å². The van der Waals surface area contributed by atoms with Gasteiger partial charge in [0.05, 0.1) is 13.3 Å². The highest BCUT2D eigenvalue weighted by molar-refractivity contribution is 5.87. The van der Waals surface area contributed by atoms with E-state index in [2.05, 4.69) is 20.1 Å². The summed E-state index contributed by atoms with van der Waals surface area (Å²) in [5.74, 6) is 1.75. The lowest BCUT2D eigenvalue weighted by atomic mass is 9.97. The number of piperidine rings is 1. The first-order valence-electron chi connectivity index (χ1n) is 7.10. The number of nitrogens with zero attached hydrogens (tertiary/aromatic N) is 3. The van der Waals surface area contributed by atoms with Crippen LogP contribution < -0.4 is 20.9 Å². The number of pyridine rings is 1. The molecule has 0 radical (unpaired) electrons. The van der Waals surface area contributed by atoms with Crippen molar-refractivity contribution in [2.24, 2.45) is 11.7 Å². The van der Waals surface area contributed by atoms with E-state index in [1.807, 2.05) is 6.07 Å². The highest BCUT2D eigenvalue weighted by atomic mass is 35.5. The Labute approximate surface area is 134 Å². The van der Waals surface area contributed by atoms with E-state index in [0.717, 1.165) is 43.7 Å². The summed E-state index contributed by atoms with van der Waals surface area (Å²) in [5.41, 5.74) is 5.44. The maximum atomic E-state index is 11.9. The van der Waals surface area contributed by atoms with Crippen molar-refractivity contribution in [2.75, 3.05) is 31.6 Å². The number of H-pyrrole nitrogens is 1. The Kier molecular flexibility index (Phi) is 5.20. The minimum Gasteiger partial charge on any atom is -0.480 e. The molecule has 3 rings (SSSR count). The van der Waals surface area contributed by atoms with Crippen LogP contribution in [-0.4, -0.2) is 41.9 Å². The third-order valence-corrected chi connectivity index (χ3v) is 4.07. The Morgan fingerprint density at radius 1 is 1.45 bits per heavy atom. The first kappa shape index (κ1) is 16.5. The van der Waals surface area contributed by atoms with E-state index in [1.54, 1.807) is 6.20 Å². The Balaban J connectivity index is 0.00000176. The highest BCUT2D eigenvalue weighted by Gasteiger charge is 2.21. The highest BCUT2D eigenvalue weighted by Crippen LogP contribution is 2.27. The molecule has 0 amide bonds. The van der Waals surface area contributed by atoms with Gasteiger partial charge in [-0.2, -0.15) is 10.1 Å². The van der Waals surface area contributed by atoms with Crippen LogP contribution in [-0.2, 0) is 0 Å². The van der Waals surface area contributed by atoms with Gasteiger partial charge in [0.1, 0.15) is 11.2 Å². The number of methoxy groups -OCH3 is 1. The van der Waals surface area contributed by atoms with Gasteiger partial charge >= 0.3 is 0 Å². The molecule has 0 unspecified atom stereocenters. The SMILES string of the molecule is COc1nc(N2CCC(CN)CC2)cc2cn[nH]c(=O)c12.Cl. The van der Waals surface area contributed by atoms with Gasteiger partial charge in [0.25, 0.3) is 5.56 Å². The monoisotopic (exact) mass is 325 g/mol. The zero-order chi connectivity index (χ0) is 14.8. The van der Waals surface area contributed by atoms with Crippen molar-refractivity contribution in [1.82, 2.24) is 15.2 Å². The molecule has 3 N–H and O–H groups in total. The van der Waals surface area contributed by atoms with Crippen molar-refractivity contribution >= 4 is 29.0 Å². The van der Waals surface area contributed by atoms with Crippen LogP contribution in [0.15, 0.2) is 17.1 Å². The summed E-state index contributed by atoms with van der Waals surface area (Å²) in [6.07, 6.45) is 3.75. The lowest BCUT2D eigenvalue weighted by Gasteiger charge is -2.32. The predicted octanol–water partition coefficient (Wildman–Crippen LogP) is 0.924. The topological polar surface area (TPSA) is 97.1 Å². The summed E-state index contributed by atoms with van der Waals surface area (Å²) in [4.78, 5) is 18.5. The molecule has 2 aromatic rings. The molecule has 1 fully saturated rings. The van der Waals surface area contributed by atoms with Gasteiger partial charge in [-0.15, -0.1) is 12.4 Å². The summed E-state index contributed by atoms with van der Waals surface area (Å²) in [6.45, 7) is 2.57.